The molecule has 0 atom stereocenters. The topological polar surface area (TPSA) is 86.2 Å². The first kappa shape index (κ1) is 21.6. The molecule has 0 bridgehead atoms. The van der Waals surface area contributed by atoms with Gasteiger partial charge in [0.2, 0.25) is 5.71 Å². The Kier molecular flexibility index (Phi) is 6.55. The normalized spacial score (nSPS) is 14.5. The number of benzene rings is 3. The van der Waals surface area contributed by atoms with Gasteiger partial charge in [-0.1, -0.05) is 101 Å². The first-order valence-corrected chi connectivity index (χ1v) is 10.7. The maximum atomic E-state index is 11.6. The zero-order chi connectivity index (χ0) is 22.4. The third kappa shape index (κ3) is 4.24. The molecule has 1 heterocycles. The number of aliphatic carboxylic acids is 1. The number of oxime groups is 1. The van der Waals surface area contributed by atoms with Gasteiger partial charge in [0.05, 0.1) is 5.70 Å². The van der Waals surface area contributed by atoms with E-state index in [1.165, 1.54) is 19.1 Å². The predicted octanol–water partition coefficient (Wildman–Crippen LogP) is 3.88. The van der Waals surface area contributed by atoms with Gasteiger partial charge in [0, 0.05) is 5.41 Å². The minimum absolute atomic E-state index is 0.214. The van der Waals surface area contributed by atoms with Crippen molar-refractivity contribution >= 4 is 23.6 Å². The fraction of sp³-hybridized carbons (Fsp3) is 0.0833. The van der Waals surface area contributed by atoms with Crippen LogP contribution in [0.5, 0.6) is 0 Å². The molecule has 1 aliphatic heterocycles. The van der Waals surface area contributed by atoms with Crippen molar-refractivity contribution in [3.05, 3.63) is 119 Å². The van der Waals surface area contributed by atoms with Crippen LogP contribution in [0.25, 0.3) is 0 Å². The van der Waals surface area contributed by atoms with Gasteiger partial charge in [-0.3, -0.25) is 5.43 Å². The van der Waals surface area contributed by atoms with Gasteiger partial charge in [-0.05, 0) is 28.6 Å². The van der Waals surface area contributed by atoms with Crippen LogP contribution < -0.4 is 10.9 Å². The third-order valence-electron chi connectivity index (χ3n) is 5.03. The van der Waals surface area contributed by atoms with Gasteiger partial charge in [-0.25, -0.2) is 10.2 Å². The molecule has 0 unspecified atom stereocenters. The maximum absolute atomic E-state index is 11.6. The molecule has 0 fully saturated rings. The lowest BCUT2D eigenvalue weighted by Gasteiger charge is -2.39. The number of nitrogens with one attached hydrogen (secondary N) is 2. The van der Waals surface area contributed by atoms with E-state index in [0.717, 1.165) is 16.7 Å². The van der Waals surface area contributed by atoms with E-state index in [0.29, 0.717) is 5.70 Å². The Hall–Kier alpha value is -3.59. The van der Waals surface area contributed by atoms with E-state index in [4.69, 9.17) is 4.84 Å². The molecule has 7 nitrogen and oxygen atoms in total. The highest BCUT2D eigenvalue weighted by Crippen LogP contribution is 2.38. The van der Waals surface area contributed by atoms with E-state index < -0.39 is 11.5 Å². The van der Waals surface area contributed by atoms with E-state index in [2.05, 4.69) is 52.4 Å². The second-order valence-corrected chi connectivity index (χ2v) is 7.74. The lowest BCUT2D eigenvalue weighted by Crippen LogP contribution is -2.54. The Morgan fingerprint density at radius 1 is 0.938 bits per heavy atom. The lowest BCUT2D eigenvalue weighted by atomic mass is 9.77. The van der Waals surface area contributed by atoms with Crippen LogP contribution in [0.4, 0.5) is 0 Å². The quantitative estimate of drug-likeness (QED) is 0.210. The van der Waals surface area contributed by atoms with Crippen molar-refractivity contribution < 1.29 is 14.7 Å². The molecule has 162 valence electrons. The first-order chi connectivity index (χ1) is 15.6. The van der Waals surface area contributed by atoms with Gasteiger partial charge in [0.15, 0.2) is 0 Å². The summed E-state index contributed by atoms with van der Waals surface area (Å²) in [6, 6.07) is 30.3. The predicted molar refractivity (Wildman–Crippen MR) is 125 cm³/mol. The second-order valence-electron chi connectivity index (χ2n) is 6.93. The number of hydrazine groups is 2. The maximum Gasteiger partial charge on any atom is 0.360 e. The number of carbonyl (C=O) groups is 1. The van der Waals surface area contributed by atoms with Gasteiger partial charge in [0.25, 0.3) is 0 Å². The van der Waals surface area contributed by atoms with Crippen molar-refractivity contribution in [3.63, 3.8) is 0 Å². The van der Waals surface area contributed by atoms with Crippen LogP contribution in [0.15, 0.2) is 107 Å². The summed E-state index contributed by atoms with van der Waals surface area (Å²) in [6.45, 7) is 0. The Morgan fingerprint density at radius 3 is 1.81 bits per heavy atom. The summed E-state index contributed by atoms with van der Waals surface area (Å²) in [7, 11) is 1.31. The highest BCUT2D eigenvalue weighted by molar-refractivity contribution is 8.00. The van der Waals surface area contributed by atoms with Crippen molar-refractivity contribution in [1.82, 2.24) is 15.4 Å². The Labute approximate surface area is 190 Å². The molecule has 0 amide bonds. The van der Waals surface area contributed by atoms with E-state index in [1.54, 1.807) is 9.93 Å². The molecule has 0 aromatic heterocycles. The van der Waals surface area contributed by atoms with E-state index in [-0.39, 0.29) is 5.71 Å². The minimum atomic E-state index is -1.19. The Bertz CT molecular complexity index is 1030. The summed E-state index contributed by atoms with van der Waals surface area (Å²) in [5.74, 6) is -1.19. The van der Waals surface area contributed by atoms with Crippen LogP contribution in [-0.4, -0.2) is 28.4 Å². The molecule has 0 aliphatic carbocycles. The summed E-state index contributed by atoms with van der Waals surface area (Å²) in [4.78, 5) is 16.3. The van der Waals surface area contributed by atoms with E-state index >= 15 is 0 Å². The molecule has 32 heavy (non-hydrogen) atoms. The van der Waals surface area contributed by atoms with Crippen molar-refractivity contribution in [2.24, 2.45) is 5.16 Å². The summed E-state index contributed by atoms with van der Waals surface area (Å²) >= 11 is 1.28. The number of hydrogen-bond acceptors (Lipinski definition) is 7. The second kappa shape index (κ2) is 9.69. The zero-order valence-corrected chi connectivity index (χ0v) is 18.1. The summed E-state index contributed by atoms with van der Waals surface area (Å²) in [6.07, 6.45) is 0. The smallest absolute Gasteiger partial charge is 0.360 e. The number of hydrogen-bond donors (Lipinski definition) is 3. The zero-order valence-electron chi connectivity index (χ0n) is 17.3. The fourth-order valence-corrected chi connectivity index (χ4v) is 4.35. The van der Waals surface area contributed by atoms with Crippen molar-refractivity contribution in [1.29, 1.82) is 0 Å². The Balaban J connectivity index is 1.78. The molecule has 8 heteroatoms. The highest BCUT2D eigenvalue weighted by Gasteiger charge is 2.39. The largest absolute Gasteiger partial charge is 0.476 e. The molecule has 3 N–H and O–H groups in total. The van der Waals surface area contributed by atoms with Gasteiger partial charge >= 0.3 is 5.97 Å². The molecule has 3 aromatic carbocycles. The molecule has 0 saturated heterocycles. The average molecular weight is 447 g/mol. The third-order valence-corrected chi connectivity index (χ3v) is 5.76. The van der Waals surface area contributed by atoms with Crippen molar-refractivity contribution in [2.45, 2.75) is 5.54 Å². The molecule has 3 aromatic rings. The molecule has 0 spiro atoms. The summed E-state index contributed by atoms with van der Waals surface area (Å²) in [5.41, 5.74) is 9.09. The average Bonchev–Trinajstić information content (AvgIpc) is 3.30. The van der Waals surface area contributed by atoms with E-state index in [1.807, 2.05) is 54.6 Å². The Morgan fingerprint density at radius 2 is 1.41 bits per heavy atom. The van der Waals surface area contributed by atoms with Gasteiger partial charge in [-0.2, -0.15) is 0 Å². The van der Waals surface area contributed by atoms with Crippen LogP contribution in [0.1, 0.15) is 16.7 Å². The van der Waals surface area contributed by atoms with E-state index in [9.17, 15) is 9.90 Å². The summed E-state index contributed by atoms with van der Waals surface area (Å²) in [5, 5.41) is 14.8. The fourth-order valence-electron chi connectivity index (χ4n) is 3.64. The van der Waals surface area contributed by atoms with Gasteiger partial charge in [-0.15, -0.1) is 0 Å². The van der Waals surface area contributed by atoms with Crippen molar-refractivity contribution in [3.8, 4) is 0 Å². The van der Waals surface area contributed by atoms with Crippen LogP contribution >= 0.6 is 11.9 Å². The van der Waals surface area contributed by atoms with Gasteiger partial charge < -0.3 is 9.94 Å². The number of carboxylic acids is 1. The molecule has 4 rings (SSSR count). The number of carboxylic acid groups (broad SMARTS) is 1. The highest BCUT2D eigenvalue weighted by atomic mass is 32.2. The lowest BCUT2D eigenvalue weighted by molar-refractivity contribution is -0.129. The minimum Gasteiger partial charge on any atom is -0.476 e. The monoisotopic (exact) mass is 446 g/mol. The van der Waals surface area contributed by atoms with Gasteiger partial charge in [0.1, 0.15) is 12.6 Å². The standard InChI is InChI=1S/C24H22N4O3S/c1-31-26-22(23(29)30)21-17-32-28(25-21)27-24(18-11-5-2-6-12-18,19-13-7-3-8-14-19)20-15-9-4-10-16-20/h2-17,25,27H,1H3,(H,29,30)/b26-22-. The van der Waals surface area contributed by atoms with Crippen LogP contribution in [-0.2, 0) is 15.2 Å². The van der Waals surface area contributed by atoms with Crippen LogP contribution in [0.3, 0.4) is 0 Å². The molecule has 0 saturated carbocycles. The molecular formula is C24H22N4O3S. The van der Waals surface area contributed by atoms with Crippen LogP contribution in [0, 0.1) is 0 Å². The van der Waals surface area contributed by atoms with Crippen molar-refractivity contribution in [2.75, 3.05) is 7.11 Å². The first-order valence-electron chi connectivity index (χ1n) is 9.88. The number of rotatable bonds is 8. The SMILES string of the molecule is CO/N=C(\C(=O)O)C1=CSN(NC(c2ccccc2)(c2ccccc2)c2ccccc2)N1. The number of nitrogens with zero attached hydrogens (tertiary/aromatic N) is 2. The molecule has 1 aliphatic rings. The molecule has 0 radical (unpaired) electrons. The molecular weight excluding hydrogens is 424 g/mol. The summed E-state index contributed by atoms with van der Waals surface area (Å²) < 4.78 is 1.68. The van der Waals surface area contributed by atoms with Crippen LogP contribution in [0.2, 0.25) is 0 Å².